The molecule has 1 aliphatic heterocycles. The van der Waals surface area contributed by atoms with Gasteiger partial charge in [-0.1, -0.05) is 59.6 Å². The number of amides is 1. The highest BCUT2D eigenvalue weighted by Gasteiger charge is 2.33. The van der Waals surface area contributed by atoms with Gasteiger partial charge in [0.05, 0.1) is 38.1 Å². The second kappa shape index (κ2) is 11.9. The van der Waals surface area contributed by atoms with E-state index in [1.54, 1.807) is 29.1 Å². The normalized spacial score (nSPS) is 19.7. The first-order valence-electron chi connectivity index (χ1n) is 11.3. The molecule has 0 unspecified atom stereocenters. The Labute approximate surface area is 217 Å². The lowest BCUT2D eigenvalue weighted by molar-refractivity contribution is -0.252. The number of rotatable bonds is 9. The molecule has 36 heavy (non-hydrogen) atoms. The van der Waals surface area contributed by atoms with Crippen LogP contribution in [0.4, 0.5) is 5.69 Å². The molecule has 0 bridgehead atoms. The van der Waals surface area contributed by atoms with E-state index in [2.05, 4.69) is 10.3 Å². The molecule has 11 heteroatoms. The minimum absolute atomic E-state index is 0.0506. The third-order valence-corrected chi connectivity index (χ3v) is 6.53. The highest BCUT2D eigenvalue weighted by Crippen LogP contribution is 2.39. The first-order valence-corrected chi connectivity index (χ1v) is 12.1. The van der Waals surface area contributed by atoms with Crippen molar-refractivity contribution in [2.45, 2.75) is 50.9 Å². The molecule has 0 radical (unpaired) electrons. The summed E-state index contributed by atoms with van der Waals surface area (Å²) in [6, 6.07) is 14.5. The van der Waals surface area contributed by atoms with Crippen LogP contribution in [0.3, 0.4) is 0 Å². The van der Waals surface area contributed by atoms with Gasteiger partial charge in [-0.15, -0.1) is 0 Å². The number of aliphatic hydroxyl groups is 1. The Morgan fingerprint density at radius 1 is 1.08 bits per heavy atom. The number of benzene rings is 2. The predicted octanol–water partition coefficient (Wildman–Crippen LogP) is 4.73. The van der Waals surface area contributed by atoms with Gasteiger partial charge in [0.2, 0.25) is 5.91 Å². The summed E-state index contributed by atoms with van der Waals surface area (Å²) >= 11 is 12.3. The molecule has 1 aliphatic rings. The van der Waals surface area contributed by atoms with E-state index in [0.29, 0.717) is 29.4 Å². The Balaban J connectivity index is 1.55. The monoisotopic (exact) mass is 533 g/mol. The lowest BCUT2D eigenvalue weighted by Crippen LogP contribution is -2.32. The Bertz CT molecular complexity index is 1220. The molecule has 3 atom stereocenters. The van der Waals surface area contributed by atoms with Crippen molar-refractivity contribution in [3.63, 3.8) is 0 Å². The van der Waals surface area contributed by atoms with Crippen molar-refractivity contribution in [2.24, 2.45) is 0 Å². The van der Waals surface area contributed by atoms with Crippen molar-refractivity contribution in [3.8, 4) is 0 Å². The number of aliphatic carboxylic acids is 1. The summed E-state index contributed by atoms with van der Waals surface area (Å²) in [7, 11) is 0. The van der Waals surface area contributed by atoms with Gasteiger partial charge in [-0.2, -0.15) is 0 Å². The second-order valence-electron chi connectivity index (χ2n) is 8.40. The summed E-state index contributed by atoms with van der Waals surface area (Å²) in [5, 5.41) is 21.4. The summed E-state index contributed by atoms with van der Waals surface area (Å²) in [4.78, 5) is 26.9. The van der Waals surface area contributed by atoms with Crippen LogP contribution in [0.15, 0.2) is 54.9 Å². The third kappa shape index (κ3) is 6.63. The van der Waals surface area contributed by atoms with E-state index in [1.165, 1.54) is 0 Å². The van der Waals surface area contributed by atoms with Crippen molar-refractivity contribution in [3.05, 3.63) is 81.9 Å². The van der Waals surface area contributed by atoms with E-state index >= 15 is 0 Å². The fourth-order valence-electron chi connectivity index (χ4n) is 3.93. The van der Waals surface area contributed by atoms with Gasteiger partial charge in [-0.25, -0.2) is 4.98 Å². The summed E-state index contributed by atoms with van der Waals surface area (Å²) in [5.41, 5.74) is 2.91. The third-order valence-electron chi connectivity index (χ3n) is 5.76. The van der Waals surface area contributed by atoms with Gasteiger partial charge in [0.25, 0.3) is 0 Å². The zero-order valence-corrected chi connectivity index (χ0v) is 20.7. The molecular weight excluding hydrogens is 509 g/mol. The van der Waals surface area contributed by atoms with Gasteiger partial charge in [-0.3, -0.25) is 9.59 Å². The number of carboxylic acid groups (broad SMARTS) is 1. The number of ether oxygens (including phenoxy) is 2. The maximum absolute atomic E-state index is 12.1. The van der Waals surface area contributed by atoms with E-state index in [1.807, 2.05) is 30.3 Å². The van der Waals surface area contributed by atoms with Crippen LogP contribution in [-0.4, -0.2) is 37.7 Å². The largest absolute Gasteiger partial charge is 0.481 e. The van der Waals surface area contributed by atoms with E-state index in [0.717, 1.165) is 11.1 Å². The van der Waals surface area contributed by atoms with Gasteiger partial charge in [-0.05, 0) is 23.3 Å². The van der Waals surface area contributed by atoms with E-state index in [4.69, 9.17) is 37.8 Å². The molecule has 9 nitrogen and oxygen atoms in total. The maximum Gasteiger partial charge on any atom is 0.303 e. The standard InChI is InChI=1S/C25H25Cl2N3O6/c26-23-24(27)30(14-28-23)12-19-11-20(16-6-4-15(13-31)5-7-16)36-25(35-19)17-2-1-3-18(10-17)29-21(32)8-9-22(33)34/h1-7,10,14,19-20,25,31H,8-9,11-13H2,(H,29,32)(H,33,34)/t19-,20+,25+/m0/s1. The Kier molecular flexibility index (Phi) is 8.60. The number of nitrogens with zero attached hydrogens (tertiary/aromatic N) is 2. The van der Waals surface area contributed by atoms with Crippen molar-refractivity contribution < 1.29 is 29.3 Å². The number of aromatic nitrogens is 2. The maximum atomic E-state index is 12.1. The van der Waals surface area contributed by atoms with Crippen molar-refractivity contribution in [1.29, 1.82) is 0 Å². The van der Waals surface area contributed by atoms with Crippen LogP contribution >= 0.6 is 23.2 Å². The van der Waals surface area contributed by atoms with Crippen molar-refractivity contribution in [2.75, 3.05) is 5.32 Å². The van der Waals surface area contributed by atoms with Gasteiger partial charge >= 0.3 is 5.97 Å². The van der Waals surface area contributed by atoms with Gasteiger partial charge in [0.1, 0.15) is 5.15 Å². The number of anilines is 1. The molecular formula is C25H25Cl2N3O6. The molecule has 0 spiro atoms. The predicted molar refractivity (Wildman–Crippen MR) is 133 cm³/mol. The number of carboxylic acids is 1. The smallest absolute Gasteiger partial charge is 0.303 e. The van der Waals surface area contributed by atoms with Crippen LogP contribution in [0.5, 0.6) is 0 Å². The lowest BCUT2D eigenvalue weighted by atomic mass is 10.00. The number of carbonyl (C=O) groups excluding carboxylic acids is 1. The summed E-state index contributed by atoms with van der Waals surface area (Å²) in [6.45, 7) is 0.348. The van der Waals surface area contributed by atoms with Crippen LogP contribution in [-0.2, 0) is 32.2 Å². The number of nitrogens with one attached hydrogen (secondary N) is 1. The number of halogens is 2. The molecule has 2 heterocycles. The highest BCUT2D eigenvalue weighted by molar-refractivity contribution is 6.40. The van der Waals surface area contributed by atoms with Crippen molar-refractivity contribution >= 4 is 40.8 Å². The molecule has 1 saturated heterocycles. The minimum Gasteiger partial charge on any atom is -0.481 e. The molecule has 1 fully saturated rings. The highest BCUT2D eigenvalue weighted by atomic mass is 35.5. The van der Waals surface area contributed by atoms with Crippen LogP contribution in [0.1, 0.15) is 48.3 Å². The van der Waals surface area contributed by atoms with Crippen LogP contribution < -0.4 is 5.32 Å². The molecule has 4 rings (SSSR count). The topological polar surface area (TPSA) is 123 Å². The zero-order chi connectivity index (χ0) is 25.7. The quantitative estimate of drug-likeness (QED) is 0.363. The summed E-state index contributed by atoms with van der Waals surface area (Å²) in [6.07, 6.45) is 0.345. The van der Waals surface area contributed by atoms with E-state index in [-0.39, 0.29) is 36.8 Å². The lowest BCUT2D eigenvalue weighted by Gasteiger charge is -2.36. The average Bonchev–Trinajstić information content (AvgIpc) is 3.19. The van der Waals surface area contributed by atoms with Crippen molar-refractivity contribution in [1.82, 2.24) is 9.55 Å². The van der Waals surface area contributed by atoms with Crippen LogP contribution in [0.2, 0.25) is 10.3 Å². The van der Waals surface area contributed by atoms with Crippen LogP contribution in [0, 0.1) is 0 Å². The van der Waals surface area contributed by atoms with Gasteiger partial charge < -0.3 is 29.6 Å². The molecule has 190 valence electrons. The fraction of sp³-hybridized carbons (Fsp3) is 0.320. The fourth-order valence-corrected chi connectivity index (χ4v) is 4.24. The second-order valence-corrected chi connectivity index (χ2v) is 9.11. The summed E-state index contributed by atoms with van der Waals surface area (Å²) < 4.78 is 14.3. The molecule has 0 saturated carbocycles. The number of hydrogen-bond acceptors (Lipinski definition) is 6. The van der Waals surface area contributed by atoms with E-state index in [9.17, 15) is 14.7 Å². The van der Waals surface area contributed by atoms with Crippen LogP contribution in [0.25, 0.3) is 0 Å². The molecule has 1 amide bonds. The molecule has 0 aliphatic carbocycles. The number of hydrogen-bond donors (Lipinski definition) is 3. The van der Waals surface area contributed by atoms with Gasteiger partial charge in [0, 0.05) is 24.1 Å². The Hall–Kier alpha value is -2.95. The number of aliphatic hydroxyl groups excluding tert-OH is 1. The number of carbonyl (C=O) groups is 2. The minimum atomic E-state index is -1.04. The molecule has 2 aromatic carbocycles. The molecule has 3 N–H and O–H groups in total. The first kappa shape index (κ1) is 26.1. The Morgan fingerprint density at radius 2 is 1.86 bits per heavy atom. The van der Waals surface area contributed by atoms with Gasteiger partial charge in [0.15, 0.2) is 11.4 Å². The number of imidazole rings is 1. The zero-order valence-electron chi connectivity index (χ0n) is 19.1. The van der Waals surface area contributed by atoms with E-state index < -0.39 is 18.2 Å². The first-order chi connectivity index (χ1) is 17.3. The average molecular weight is 534 g/mol. The summed E-state index contributed by atoms with van der Waals surface area (Å²) in [5.74, 6) is -1.43. The molecule has 1 aromatic heterocycles. The Morgan fingerprint density at radius 3 is 2.53 bits per heavy atom. The SMILES string of the molecule is O=C(O)CCC(=O)Nc1cccc([C@@H]2O[C@H](Cn3cnc(Cl)c3Cl)C[C@H](c3ccc(CO)cc3)O2)c1. The molecule has 3 aromatic rings.